The summed E-state index contributed by atoms with van der Waals surface area (Å²) in [6.07, 6.45) is 3.49. The van der Waals surface area contributed by atoms with Crippen molar-refractivity contribution in [3.63, 3.8) is 0 Å². The van der Waals surface area contributed by atoms with Crippen molar-refractivity contribution in [1.82, 2.24) is 0 Å². The van der Waals surface area contributed by atoms with Crippen molar-refractivity contribution >= 4 is 14.0 Å². The topological polar surface area (TPSA) is 44.8 Å². The first kappa shape index (κ1) is 17.9. The molecule has 0 N–H and O–H groups in total. The maximum absolute atomic E-state index is 11.7. The van der Waals surface area contributed by atoms with E-state index in [1.165, 1.54) is 6.08 Å². The quantitative estimate of drug-likeness (QED) is 0.449. The minimum atomic E-state index is -1.17. The first-order valence-corrected chi connectivity index (χ1v) is 11.8. The summed E-state index contributed by atoms with van der Waals surface area (Å²) >= 11 is 0. The van der Waals surface area contributed by atoms with Crippen molar-refractivity contribution in [2.24, 2.45) is 0 Å². The number of carbonyl (C=O) groups is 1. The highest BCUT2D eigenvalue weighted by molar-refractivity contribution is 6.76. The zero-order valence-corrected chi connectivity index (χ0v) is 15.2. The van der Waals surface area contributed by atoms with Crippen molar-refractivity contribution in [3.05, 3.63) is 48.0 Å². The molecule has 1 aliphatic rings. The molecule has 0 saturated carbocycles. The Bertz CT molecular complexity index is 522. The van der Waals surface area contributed by atoms with Gasteiger partial charge in [-0.25, -0.2) is 4.79 Å². The molecule has 4 nitrogen and oxygen atoms in total. The van der Waals surface area contributed by atoms with E-state index in [0.29, 0.717) is 13.2 Å². The van der Waals surface area contributed by atoms with Crippen LogP contribution >= 0.6 is 0 Å². The van der Waals surface area contributed by atoms with E-state index in [2.05, 4.69) is 19.6 Å². The molecule has 0 amide bonds. The van der Waals surface area contributed by atoms with Crippen LogP contribution in [0.2, 0.25) is 25.7 Å². The van der Waals surface area contributed by atoms with Crippen LogP contribution in [-0.2, 0) is 19.0 Å². The highest BCUT2D eigenvalue weighted by Gasteiger charge is 2.22. The van der Waals surface area contributed by atoms with Crippen LogP contribution in [0.3, 0.4) is 0 Å². The Hall–Kier alpha value is -1.43. The minimum absolute atomic E-state index is 0.126. The van der Waals surface area contributed by atoms with Gasteiger partial charge in [-0.15, -0.1) is 0 Å². The van der Waals surface area contributed by atoms with E-state index in [1.807, 2.05) is 30.3 Å². The van der Waals surface area contributed by atoms with Gasteiger partial charge >= 0.3 is 5.97 Å². The Morgan fingerprint density at radius 3 is 2.74 bits per heavy atom. The predicted molar refractivity (Wildman–Crippen MR) is 92.9 cm³/mol. The van der Waals surface area contributed by atoms with Crippen LogP contribution < -0.4 is 0 Å². The van der Waals surface area contributed by atoms with E-state index in [0.717, 1.165) is 18.0 Å². The number of benzene rings is 1. The van der Waals surface area contributed by atoms with Crippen LogP contribution in [0.5, 0.6) is 0 Å². The van der Waals surface area contributed by atoms with Crippen LogP contribution in [-0.4, -0.2) is 33.4 Å². The predicted octanol–water partition coefficient (Wildman–Crippen LogP) is 3.93. The molecule has 1 fully saturated rings. The average Bonchev–Trinajstić information content (AvgIpc) is 2.53. The highest BCUT2D eigenvalue weighted by Crippen LogP contribution is 2.26. The molecule has 0 bridgehead atoms. The normalized spacial score (nSPS) is 22.2. The van der Waals surface area contributed by atoms with Gasteiger partial charge in [0.25, 0.3) is 0 Å². The van der Waals surface area contributed by atoms with E-state index in [9.17, 15) is 4.79 Å². The van der Waals surface area contributed by atoms with E-state index in [-0.39, 0.29) is 18.4 Å². The SMILES string of the molecule is C[Si](C)(C)CCOC(=O)/C=C/[C@@H]1CCO[C@H](c2ccccc2)O1. The molecule has 0 spiro atoms. The van der Waals surface area contributed by atoms with Gasteiger partial charge in [0.05, 0.1) is 19.3 Å². The summed E-state index contributed by atoms with van der Waals surface area (Å²) in [5.74, 6) is -0.297. The second-order valence-corrected chi connectivity index (χ2v) is 12.5. The molecule has 1 saturated heterocycles. The number of carbonyl (C=O) groups excluding carboxylic acids is 1. The molecule has 5 heteroatoms. The fourth-order valence-electron chi connectivity index (χ4n) is 2.18. The van der Waals surface area contributed by atoms with Crippen molar-refractivity contribution in [1.29, 1.82) is 0 Å². The number of ether oxygens (including phenoxy) is 3. The fraction of sp³-hybridized carbons (Fsp3) is 0.500. The lowest BCUT2D eigenvalue weighted by atomic mass is 10.1. The molecule has 0 aromatic heterocycles. The van der Waals surface area contributed by atoms with Gasteiger partial charge in [-0.1, -0.05) is 50.0 Å². The van der Waals surface area contributed by atoms with Gasteiger partial charge in [-0.05, 0) is 12.1 Å². The lowest BCUT2D eigenvalue weighted by Crippen LogP contribution is -2.26. The summed E-state index contributed by atoms with van der Waals surface area (Å²) in [6.45, 7) is 7.89. The molecule has 0 unspecified atom stereocenters. The molecule has 126 valence electrons. The summed E-state index contributed by atoms with van der Waals surface area (Å²) in [5, 5.41) is 0. The maximum Gasteiger partial charge on any atom is 0.330 e. The molecular formula is C18H26O4Si. The standard InChI is InChI=1S/C18H26O4Si/c1-23(2,3)14-13-20-17(19)10-9-16-11-12-21-18(22-16)15-7-5-4-6-8-15/h4-10,16,18H,11-14H2,1-3H3/b10-9+/t16-,18+/m1/s1. The lowest BCUT2D eigenvalue weighted by molar-refractivity contribution is -0.204. The van der Waals surface area contributed by atoms with Crippen LogP contribution in [0.1, 0.15) is 18.3 Å². The fourth-order valence-corrected chi connectivity index (χ4v) is 2.89. The van der Waals surface area contributed by atoms with E-state index < -0.39 is 8.07 Å². The Kier molecular flexibility index (Phi) is 6.56. The summed E-state index contributed by atoms with van der Waals surface area (Å²) in [6, 6.07) is 10.8. The van der Waals surface area contributed by atoms with E-state index in [1.54, 1.807) is 6.08 Å². The number of rotatable bonds is 6. The Labute approximate surface area is 139 Å². The monoisotopic (exact) mass is 334 g/mol. The minimum Gasteiger partial charge on any atom is -0.463 e. The number of hydrogen-bond acceptors (Lipinski definition) is 4. The molecule has 1 aromatic carbocycles. The maximum atomic E-state index is 11.7. The van der Waals surface area contributed by atoms with E-state index in [4.69, 9.17) is 14.2 Å². The Morgan fingerprint density at radius 1 is 1.30 bits per heavy atom. The average molecular weight is 334 g/mol. The van der Waals surface area contributed by atoms with Gasteiger partial charge in [-0.2, -0.15) is 0 Å². The molecule has 1 aromatic rings. The molecule has 2 rings (SSSR count). The molecule has 0 radical (unpaired) electrons. The molecular weight excluding hydrogens is 308 g/mol. The van der Waals surface area contributed by atoms with Crippen molar-refractivity contribution in [3.8, 4) is 0 Å². The van der Waals surface area contributed by atoms with Crippen LogP contribution in [0.4, 0.5) is 0 Å². The Morgan fingerprint density at radius 2 is 2.04 bits per heavy atom. The summed E-state index contributed by atoms with van der Waals surface area (Å²) in [7, 11) is -1.17. The summed E-state index contributed by atoms with van der Waals surface area (Å²) < 4.78 is 16.8. The van der Waals surface area contributed by atoms with E-state index >= 15 is 0 Å². The summed E-state index contributed by atoms with van der Waals surface area (Å²) in [5.41, 5.74) is 0.989. The third-order valence-corrected chi connectivity index (χ3v) is 5.29. The second kappa shape index (κ2) is 8.43. The van der Waals surface area contributed by atoms with Gasteiger partial charge in [-0.3, -0.25) is 0 Å². The third kappa shape index (κ3) is 6.68. The molecule has 23 heavy (non-hydrogen) atoms. The van der Waals surface area contributed by atoms with Gasteiger partial charge in [0.15, 0.2) is 6.29 Å². The second-order valence-electron chi connectivity index (χ2n) is 6.91. The molecule has 0 aliphatic carbocycles. The zero-order valence-electron chi connectivity index (χ0n) is 14.2. The smallest absolute Gasteiger partial charge is 0.330 e. The van der Waals surface area contributed by atoms with Gasteiger partial charge in [0.1, 0.15) is 0 Å². The zero-order chi connectivity index (χ0) is 16.7. The van der Waals surface area contributed by atoms with Crippen LogP contribution in [0.15, 0.2) is 42.5 Å². The van der Waals surface area contributed by atoms with Gasteiger partial charge in [0.2, 0.25) is 0 Å². The van der Waals surface area contributed by atoms with Gasteiger partial charge < -0.3 is 14.2 Å². The number of esters is 1. The van der Waals surface area contributed by atoms with Crippen molar-refractivity contribution in [2.45, 2.75) is 44.5 Å². The largest absolute Gasteiger partial charge is 0.463 e. The molecule has 1 heterocycles. The van der Waals surface area contributed by atoms with Crippen LogP contribution in [0, 0.1) is 0 Å². The van der Waals surface area contributed by atoms with Crippen LogP contribution in [0.25, 0.3) is 0 Å². The van der Waals surface area contributed by atoms with Crippen molar-refractivity contribution < 1.29 is 19.0 Å². The molecule has 2 atom stereocenters. The highest BCUT2D eigenvalue weighted by atomic mass is 28.3. The number of hydrogen-bond donors (Lipinski definition) is 0. The van der Waals surface area contributed by atoms with Gasteiger partial charge in [0, 0.05) is 26.1 Å². The molecule has 1 aliphatic heterocycles. The third-order valence-electron chi connectivity index (χ3n) is 3.59. The Balaban J connectivity index is 1.79. The van der Waals surface area contributed by atoms with Crippen molar-refractivity contribution in [2.75, 3.05) is 13.2 Å². The summed E-state index contributed by atoms with van der Waals surface area (Å²) in [4.78, 5) is 11.7. The lowest BCUT2D eigenvalue weighted by Gasteiger charge is -2.28. The first-order valence-electron chi connectivity index (χ1n) is 8.11. The first-order chi connectivity index (χ1) is 10.9.